The molecule has 2 fully saturated rings. The molecule has 2 aliphatic heterocycles. The van der Waals surface area contributed by atoms with E-state index in [1.807, 2.05) is 0 Å². The molecule has 3 heteroatoms. The summed E-state index contributed by atoms with van der Waals surface area (Å²) in [5.74, 6) is 1.48. The van der Waals surface area contributed by atoms with E-state index in [9.17, 15) is 0 Å². The maximum atomic E-state index is 6.04. The molecule has 2 saturated heterocycles. The standard InChI is InChI=1S/C19H30N2O/c1-15-12-21(14-18(15)19-6-4-5-11-22-19)13-16-7-9-17(10-8-16)20(2)3/h7-10,15,18-19H,4-6,11-14H2,1-3H3. The molecule has 122 valence electrons. The quantitative estimate of drug-likeness (QED) is 0.848. The lowest BCUT2D eigenvalue weighted by Crippen LogP contribution is -2.32. The van der Waals surface area contributed by atoms with E-state index in [-0.39, 0.29) is 0 Å². The Hall–Kier alpha value is -1.06. The number of anilines is 1. The Morgan fingerprint density at radius 3 is 2.55 bits per heavy atom. The number of ether oxygens (including phenoxy) is 1. The predicted molar refractivity (Wildman–Crippen MR) is 92.3 cm³/mol. The molecule has 2 aliphatic rings. The van der Waals surface area contributed by atoms with Crippen LogP contribution in [0.15, 0.2) is 24.3 Å². The smallest absolute Gasteiger partial charge is 0.0618 e. The van der Waals surface area contributed by atoms with Gasteiger partial charge in [-0.05, 0) is 42.9 Å². The van der Waals surface area contributed by atoms with Crippen molar-refractivity contribution in [2.75, 3.05) is 38.7 Å². The van der Waals surface area contributed by atoms with Gasteiger partial charge < -0.3 is 9.64 Å². The summed E-state index contributed by atoms with van der Waals surface area (Å²) < 4.78 is 6.04. The highest BCUT2D eigenvalue weighted by molar-refractivity contribution is 5.45. The second kappa shape index (κ2) is 7.01. The van der Waals surface area contributed by atoms with E-state index in [1.54, 1.807) is 0 Å². The van der Waals surface area contributed by atoms with Crippen LogP contribution in [-0.2, 0) is 11.3 Å². The van der Waals surface area contributed by atoms with Crippen LogP contribution in [0, 0.1) is 11.8 Å². The highest BCUT2D eigenvalue weighted by atomic mass is 16.5. The van der Waals surface area contributed by atoms with Crippen LogP contribution >= 0.6 is 0 Å². The van der Waals surface area contributed by atoms with E-state index < -0.39 is 0 Å². The van der Waals surface area contributed by atoms with Crippen LogP contribution in [0.2, 0.25) is 0 Å². The van der Waals surface area contributed by atoms with Gasteiger partial charge in [-0.25, -0.2) is 0 Å². The second-order valence-electron chi connectivity index (χ2n) is 7.30. The Balaban J connectivity index is 1.57. The van der Waals surface area contributed by atoms with Gasteiger partial charge in [0, 0.05) is 51.9 Å². The van der Waals surface area contributed by atoms with Gasteiger partial charge in [0.05, 0.1) is 6.10 Å². The molecule has 0 radical (unpaired) electrons. The van der Waals surface area contributed by atoms with Crippen molar-refractivity contribution in [2.45, 2.75) is 38.8 Å². The Morgan fingerprint density at radius 2 is 1.91 bits per heavy atom. The zero-order chi connectivity index (χ0) is 15.5. The molecular formula is C19H30N2O. The zero-order valence-electron chi connectivity index (χ0n) is 14.3. The van der Waals surface area contributed by atoms with Crippen LogP contribution < -0.4 is 4.90 Å². The molecule has 22 heavy (non-hydrogen) atoms. The molecule has 0 aromatic heterocycles. The number of hydrogen-bond acceptors (Lipinski definition) is 3. The summed E-state index contributed by atoms with van der Waals surface area (Å²) in [5.41, 5.74) is 2.69. The molecule has 0 saturated carbocycles. The van der Waals surface area contributed by atoms with Crippen molar-refractivity contribution in [1.82, 2.24) is 4.90 Å². The Bertz CT molecular complexity index is 465. The first-order valence-corrected chi connectivity index (χ1v) is 8.73. The fourth-order valence-electron chi connectivity index (χ4n) is 3.97. The summed E-state index contributed by atoms with van der Waals surface area (Å²) in [4.78, 5) is 4.76. The monoisotopic (exact) mass is 302 g/mol. The fourth-order valence-corrected chi connectivity index (χ4v) is 3.97. The van der Waals surface area contributed by atoms with Gasteiger partial charge in [0.25, 0.3) is 0 Å². The lowest BCUT2D eigenvalue weighted by Gasteiger charge is -2.30. The minimum Gasteiger partial charge on any atom is -0.378 e. The SMILES string of the molecule is CC1CN(Cc2ccc(N(C)C)cc2)CC1C1CCCCO1. The van der Waals surface area contributed by atoms with Crippen molar-refractivity contribution in [2.24, 2.45) is 11.8 Å². The molecule has 1 aromatic carbocycles. The summed E-state index contributed by atoms with van der Waals surface area (Å²) in [7, 11) is 4.18. The van der Waals surface area contributed by atoms with Crippen molar-refractivity contribution in [1.29, 1.82) is 0 Å². The number of nitrogens with zero attached hydrogens (tertiary/aromatic N) is 2. The third-order valence-electron chi connectivity index (χ3n) is 5.30. The summed E-state index contributed by atoms with van der Waals surface area (Å²) >= 11 is 0. The van der Waals surface area contributed by atoms with Gasteiger partial charge in [-0.1, -0.05) is 19.1 Å². The lowest BCUT2D eigenvalue weighted by atomic mass is 9.88. The maximum Gasteiger partial charge on any atom is 0.0618 e. The normalized spacial score (nSPS) is 29.7. The highest BCUT2D eigenvalue weighted by Gasteiger charge is 2.36. The van der Waals surface area contributed by atoms with Gasteiger partial charge in [-0.15, -0.1) is 0 Å². The Kier molecular flexibility index (Phi) is 5.04. The predicted octanol–water partition coefficient (Wildman–Crippen LogP) is 3.39. The van der Waals surface area contributed by atoms with E-state index in [2.05, 4.69) is 55.1 Å². The minimum atomic E-state index is 0.505. The second-order valence-corrected chi connectivity index (χ2v) is 7.30. The molecular weight excluding hydrogens is 272 g/mol. The van der Waals surface area contributed by atoms with Crippen molar-refractivity contribution in [3.8, 4) is 0 Å². The molecule has 3 atom stereocenters. The Labute approximate surface area is 135 Å². The molecule has 0 spiro atoms. The number of hydrogen-bond donors (Lipinski definition) is 0. The highest BCUT2D eigenvalue weighted by Crippen LogP contribution is 2.32. The van der Waals surface area contributed by atoms with Gasteiger partial charge in [0.1, 0.15) is 0 Å². The van der Waals surface area contributed by atoms with Crippen LogP contribution in [0.25, 0.3) is 0 Å². The van der Waals surface area contributed by atoms with Gasteiger partial charge >= 0.3 is 0 Å². The van der Waals surface area contributed by atoms with Crippen LogP contribution in [0.5, 0.6) is 0 Å². The number of likely N-dealkylation sites (tertiary alicyclic amines) is 1. The fraction of sp³-hybridized carbons (Fsp3) is 0.684. The van der Waals surface area contributed by atoms with Crippen molar-refractivity contribution in [3.05, 3.63) is 29.8 Å². The summed E-state index contributed by atoms with van der Waals surface area (Å²) in [6.07, 6.45) is 4.37. The van der Waals surface area contributed by atoms with E-state index in [0.717, 1.165) is 25.0 Å². The topological polar surface area (TPSA) is 15.7 Å². The molecule has 3 rings (SSSR count). The van der Waals surface area contributed by atoms with Crippen LogP contribution in [0.4, 0.5) is 5.69 Å². The van der Waals surface area contributed by atoms with Crippen LogP contribution in [0.3, 0.4) is 0 Å². The van der Waals surface area contributed by atoms with E-state index >= 15 is 0 Å². The molecule has 2 heterocycles. The molecule has 3 nitrogen and oxygen atoms in total. The third-order valence-corrected chi connectivity index (χ3v) is 5.30. The largest absolute Gasteiger partial charge is 0.378 e. The summed E-state index contributed by atoms with van der Waals surface area (Å²) in [6, 6.07) is 8.97. The zero-order valence-corrected chi connectivity index (χ0v) is 14.3. The third kappa shape index (κ3) is 3.64. The van der Waals surface area contributed by atoms with Crippen molar-refractivity contribution >= 4 is 5.69 Å². The molecule has 0 aliphatic carbocycles. The van der Waals surface area contributed by atoms with Crippen LogP contribution in [0.1, 0.15) is 31.7 Å². The maximum absolute atomic E-state index is 6.04. The minimum absolute atomic E-state index is 0.505. The first-order chi connectivity index (χ1) is 10.6. The van der Waals surface area contributed by atoms with E-state index in [1.165, 1.54) is 43.6 Å². The summed E-state index contributed by atoms with van der Waals surface area (Å²) in [6.45, 7) is 6.85. The van der Waals surface area contributed by atoms with Gasteiger partial charge in [0.2, 0.25) is 0 Å². The van der Waals surface area contributed by atoms with Crippen molar-refractivity contribution < 1.29 is 4.74 Å². The average molecular weight is 302 g/mol. The van der Waals surface area contributed by atoms with Gasteiger partial charge in [-0.2, -0.15) is 0 Å². The molecule has 1 aromatic rings. The first kappa shape index (κ1) is 15.8. The molecule has 3 unspecified atom stereocenters. The Morgan fingerprint density at radius 1 is 1.14 bits per heavy atom. The van der Waals surface area contributed by atoms with Gasteiger partial charge in [-0.3, -0.25) is 4.90 Å². The van der Waals surface area contributed by atoms with E-state index in [0.29, 0.717) is 6.10 Å². The first-order valence-electron chi connectivity index (χ1n) is 8.73. The number of benzene rings is 1. The van der Waals surface area contributed by atoms with Crippen LogP contribution in [-0.4, -0.2) is 44.8 Å². The lowest BCUT2D eigenvalue weighted by molar-refractivity contribution is -0.0267. The summed E-state index contributed by atoms with van der Waals surface area (Å²) in [5, 5.41) is 0. The van der Waals surface area contributed by atoms with Gasteiger partial charge in [0.15, 0.2) is 0 Å². The molecule has 0 N–H and O–H groups in total. The van der Waals surface area contributed by atoms with Crippen molar-refractivity contribution in [3.63, 3.8) is 0 Å². The molecule has 0 amide bonds. The number of rotatable bonds is 4. The molecule has 0 bridgehead atoms. The average Bonchev–Trinajstić information content (AvgIpc) is 2.89. The van der Waals surface area contributed by atoms with E-state index in [4.69, 9.17) is 4.74 Å².